The smallest absolute Gasteiger partial charge is 0.255 e. The Kier molecular flexibility index (Phi) is 5.18. The number of nitrogens with one attached hydrogen (secondary N) is 1. The number of hydrogen-bond donors (Lipinski definition) is 1. The number of benzene rings is 3. The van der Waals surface area contributed by atoms with Gasteiger partial charge in [-0.2, -0.15) is 0 Å². The van der Waals surface area contributed by atoms with Crippen LogP contribution in [0.3, 0.4) is 0 Å². The maximum atomic E-state index is 14.1. The Morgan fingerprint density at radius 3 is 2.50 bits per heavy atom. The zero-order chi connectivity index (χ0) is 21.3. The minimum atomic E-state index is -0.797. The largest absolute Gasteiger partial charge is 0.497 e. The van der Waals surface area contributed by atoms with Gasteiger partial charge in [0.1, 0.15) is 23.9 Å². The van der Waals surface area contributed by atoms with E-state index in [0.29, 0.717) is 28.1 Å². The molecule has 0 saturated heterocycles. The molecule has 0 radical (unpaired) electrons. The Morgan fingerprint density at radius 2 is 1.77 bits per heavy atom. The molecule has 0 fully saturated rings. The highest BCUT2D eigenvalue weighted by atomic mass is 19.1. The first kappa shape index (κ1) is 19.6. The zero-order valence-electron chi connectivity index (χ0n) is 16.1. The topological polar surface area (TPSA) is 58.6 Å². The Labute approximate surface area is 171 Å². The van der Waals surface area contributed by atoms with Crippen molar-refractivity contribution in [1.82, 2.24) is 4.90 Å². The van der Waals surface area contributed by atoms with Gasteiger partial charge in [0.05, 0.1) is 13.2 Å². The summed E-state index contributed by atoms with van der Waals surface area (Å²) >= 11 is 0. The maximum Gasteiger partial charge on any atom is 0.255 e. The molecule has 4 rings (SSSR count). The van der Waals surface area contributed by atoms with Gasteiger partial charge in [-0.3, -0.25) is 9.59 Å². The normalized spacial score (nSPS) is 15.8. The Morgan fingerprint density at radius 1 is 1.03 bits per heavy atom. The average molecular weight is 408 g/mol. The number of fused-ring (bicyclic) bond motifs is 1. The molecule has 3 aromatic carbocycles. The molecule has 0 unspecified atom stereocenters. The fourth-order valence-electron chi connectivity index (χ4n) is 3.59. The quantitative estimate of drug-likeness (QED) is 0.708. The van der Waals surface area contributed by atoms with Gasteiger partial charge < -0.3 is 15.0 Å². The maximum absolute atomic E-state index is 14.1. The van der Waals surface area contributed by atoms with Gasteiger partial charge in [0.25, 0.3) is 5.91 Å². The summed E-state index contributed by atoms with van der Waals surface area (Å²) in [5.41, 5.74) is 1.67. The van der Waals surface area contributed by atoms with Crippen LogP contribution in [0, 0.1) is 11.6 Å². The van der Waals surface area contributed by atoms with Gasteiger partial charge in [-0.05, 0) is 54.1 Å². The summed E-state index contributed by atoms with van der Waals surface area (Å²) < 4.78 is 32.9. The van der Waals surface area contributed by atoms with Crippen molar-refractivity contribution in [3.8, 4) is 5.75 Å². The number of anilines is 1. The number of hydrogen-bond acceptors (Lipinski definition) is 3. The highest BCUT2D eigenvalue weighted by Gasteiger charge is 2.34. The molecular formula is C23H18F2N2O3. The minimum Gasteiger partial charge on any atom is -0.497 e. The van der Waals surface area contributed by atoms with Crippen LogP contribution in [0.15, 0.2) is 66.7 Å². The molecule has 1 heterocycles. The van der Waals surface area contributed by atoms with E-state index in [-0.39, 0.29) is 6.54 Å². The summed E-state index contributed by atoms with van der Waals surface area (Å²) in [5.74, 6) is -1.30. The van der Waals surface area contributed by atoms with E-state index in [9.17, 15) is 18.4 Å². The number of halogens is 2. The van der Waals surface area contributed by atoms with Crippen molar-refractivity contribution in [2.45, 2.75) is 6.04 Å². The molecule has 30 heavy (non-hydrogen) atoms. The number of carbonyl (C=O) groups excluding carboxylic acids is 2. The standard InChI is InChI=1S/C23H18F2N2O3/c1-30-18-4-2-3-15(11-18)23(29)27-13-21(28)26-20-10-9-17(25)12-19(20)22(27)14-5-7-16(24)8-6-14/h2-12,22H,13H2,1H3,(H,26,28)/t22-/m1/s1. The molecule has 0 aromatic heterocycles. The second-order valence-corrected chi connectivity index (χ2v) is 6.90. The van der Waals surface area contributed by atoms with Gasteiger partial charge in [0.15, 0.2) is 0 Å². The molecule has 0 aliphatic carbocycles. The molecule has 2 amide bonds. The van der Waals surface area contributed by atoms with Gasteiger partial charge >= 0.3 is 0 Å². The van der Waals surface area contributed by atoms with Crippen molar-refractivity contribution < 1.29 is 23.1 Å². The molecule has 1 aliphatic heterocycles. The molecular weight excluding hydrogens is 390 g/mol. The monoisotopic (exact) mass is 408 g/mol. The van der Waals surface area contributed by atoms with Gasteiger partial charge in [-0.15, -0.1) is 0 Å². The average Bonchev–Trinajstić information content (AvgIpc) is 2.89. The number of methoxy groups -OCH3 is 1. The molecule has 1 atom stereocenters. The molecule has 0 bridgehead atoms. The van der Waals surface area contributed by atoms with Crippen LogP contribution in [0.4, 0.5) is 14.5 Å². The lowest BCUT2D eigenvalue weighted by Crippen LogP contribution is -2.39. The number of amides is 2. The molecule has 5 nitrogen and oxygen atoms in total. The third-order valence-corrected chi connectivity index (χ3v) is 4.97. The van der Waals surface area contributed by atoms with Crippen molar-refractivity contribution in [2.75, 3.05) is 19.0 Å². The van der Waals surface area contributed by atoms with Gasteiger partial charge in [-0.1, -0.05) is 18.2 Å². The second kappa shape index (κ2) is 7.94. The van der Waals surface area contributed by atoms with E-state index in [2.05, 4.69) is 5.32 Å². The van der Waals surface area contributed by atoms with Crippen molar-refractivity contribution in [2.24, 2.45) is 0 Å². The summed E-state index contributed by atoms with van der Waals surface area (Å²) in [6, 6.07) is 15.3. The van der Waals surface area contributed by atoms with Gasteiger partial charge in [0, 0.05) is 16.8 Å². The zero-order valence-corrected chi connectivity index (χ0v) is 16.1. The Balaban J connectivity index is 1.88. The predicted octanol–water partition coefficient (Wildman–Crippen LogP) is 4.16. The molecule has 1 aliphatic rings. The van der Waals surface area contributed by atoms with Crippen molar-refractivity contribution in [3.63, 3.8) is 0 Å². The lowest BCUT2D eigenvalue weighted by molar-refractivity contribution is -0.117. The Bertz CT molecular complexity index is 1120. The number of ether oxygens (including phenoxy) is 1. The predicted molar refractivity (Wildman–Crippen MR) is 107 cm³/mol. The van der Waals surface area contributed by atoms with E-state index in [1.54, 1.807) is 24.3 Å². The minimum absolute atomic E-state index is 0.256. The molecule has 0 spiro atoms. The molecule has 1 N–H and O–H groups in total. The van der Waals surface area contributed by atoms with Crippen LogP contribution in [0.25, 0.3) is 0 Å². The number of nitrogens with zero attached hydrogens (tertiary/aromatic N) is 1. The van der Waals surface area contributed by atoms with E-state index < -0.39 is 29.5 Å². The van der Waals surface area contributed by atoms with Crippen LogP contribution in [-0.4, -0.2) is 30.4 Å². The number of carbonyl (C=O) groups is 2. The van der Waals surface area contributed by atoms with Crippen LogP contribution in [0.5, 0.6) is 5.75 Å². The van der Waals surface area contributed by atoms with E-state index in [1.165, 1.54) is 54.5 Å². The lowest BCUT2D eigenvalue weighted by Gasteiger charge is -2.30. The third-order valence-electron chi connectivity index (χ3n) is 4.97. The van der Waals surface area contributed by atoms with Crippen LogP contribution < -0.4 is 10.1 Å². The van der Waals surface area contributed by atoms with E-state index in [1.807, 2.05) is 0 Å². The van der Waals surface area contributed by atoms with Crippen LogP contribution in [-0.2, 0) is 4.79 Å². The van der Waals surface area contributed by atoms with Crippen LogP contribution in [0.1, 0.15) is 27.5 Å². The summed E-state index contributed by atoms with van der Waals surface area (Å²) in [4.78, 5) is 27.3. The number of rotatable bonds is 3. The third kappa shape index (κ3) is 3.74. The summed E-state index contributed by atoms with van der Waals surface area (Å²) in [7, 11) is 1.49. The highest BCUT2D eigenvalue weighted by Crippen LogP contribution is 2.37. The first-order valence-corrected chi connectivity index (χ1v) is 9.26. The fraction of sp³-hybridized carbons (Fsp3) is 0.130. The summed E-state index contributed by atoms with van der Waals surface area (Å²) in [5, 5.41) is 2.72. The van der Waals surface area contributed by atoms with Crippen molar-refractivity contribution in [1.29, 1.82) is 0 Å². The molecule has 7 heteroatoms. The fourth-order valence-corrected chi connectivity index (χ4v) is 3.59. The molecule has 3 aromatic rings. The highest BCUT2D eigenvalue weighted by molar-refractivity contribution is 6.01. The first-order chi connectivity index (χ1) is 14.5. The van der Waals surface area contributed by atoms with Gasteiger partial charge in [0.2, 0.25) is 5.91 Å². The van der Waals surface area contributed by atoms with Gasteiger partial charge in [-0.25, -0.2) is 8.78 Å². The van der Waals surface area contributed by atoms with E-state index in [0.717, 1.165) is 0 Å². The second-order valence-electron chi connectivity index (χ2n) is 6.90. The SMILES string of the molecule is COc1cccc(C(=O)N2CC(=O)Nc3ccc(F)cc3[C@H]2c2ccc(F)cc2)c1. The molecule has 152 valence electrons. The van der Waals surface area contributed by atoms with Crippen molar-refractivity contribution >= 4 is 17.5 Å². The van der Waals surface area contributed by atoms with Crippen molar-refractivity contribution in [3.05, 3.63) is 95.1 Å². The van der Waals surface area contributed by atoms with E-state index in [4.69, 9.17) is 4.74 Å². The van der Waals surface area contributed by atoms with E-state index >= 15 is 0 Å². The summed E-state index contributed by atoms with van der Waals surface area (Å²) in [6.07, 6.45) is 0. The molecule has 0 saturated carbocycles. The van der Waals surface area contributed by atoms with Crippen LogP contribution >= 0.6 is 0 Å². The lowest BCUT2D eigenvalue weighted by atomic mass is 9.95. The Hall–Kier alpha value is -3.74. The van der Waals surface area contributed by atoms with Crippen LogP contribution in [0.2, 0.25) is 0 Å². The first-order valence-electron chi connectivity index (χ1n) is 9.26. The summed E-state index contributed by atoms with van der Waals surface area (Å²) in [6.45, 7) is -0.256.